The number of rotatable bonds is 10. The van der Waals surface area contributed by atoms with Gasteiger partial charge in [0, 0.05) is 105 Å². The van der Waals surface area contributed by atoms with Gasteiger partial charge in [-0.25, -0.2) is 10.4 Å². The summed E-state index contributed by atoms with van der Waals surface area (Å²) in [5.74, 6) is -0.188. The number of likely N-dealkylation sites (N-methyl/N-ethyl adjacent to an activating group) is 1. The molecule has 2 saturated heterocycles. The van der Waals surface area contributed by atoms with Crippen LogP contribution >= 0.6 is 11.3 Å². The summed E-state index contributed by atoms with van der Waals surface area (Å²) in [6, 6.07) is 3.26. The van der Waals surface area contributed by atoms with Crippen LogP contribution in [0.25, 0.3) is 33.4 Å². The van der Waals surface area contributed by atoms with Crippen molar-refractivity contribution in [3.05, 3.63) is 51.6 Å². The number of fused-ring (bicyclic) bond motifs is 6. The van der Waals surface area contributed by atoms with Crippen molar-refractivity contribution in [3.63, 3.8) is 0 Å². The number of methoxy groups -OCH3 is 1. The average Bonchev–Trinajstić information content (AvgIpc) is 3.96. The number of carbonyl (C=O) groups is 4. The molecule has 5 aliphatic rings. The van der Waals surface area contributed by atoms with Crippen LogP contribution in [0.3, 0.4) is 0 Å². The lowest BCUT2D eigenvalue weighted by molar-refractivity contribution is -0.155. The minimum atomic E-state index is -4.64. The number of amides is 3. The number of benzene rings is 1. The summed E-state index contributed by atoms with van der Waals surface area (Å²) >= 11 is 1.34. The smallest absolute Gasteiger partial charge is 0.457 e. The highest BCUT2D eigenvalue weighted by Gasteiger charge is 2.42. The van der Waals surface area contributed by atoms with Gasteiger partial charge in [0.15, 0.2) is 0 Å². The SMILES string of the molecule is CO[C@@H](C)c1ncc(N2CCN(CC(F)(F)F)CC2)cc1-c1c2c3cc(cc4c3n1CCC4)-c1csc(n1)C[C@H](NC(=O)[C@H](C(C)C)N(C)C(=O)C1CC(C#CC(F)(F)F)C1)C(=O)N1CCC[C@H](N1)C(=O)OCC(C)(C)C2. The van der Waals surface area contributed by atoms with Gasteiger partial charge in [-0.2, -0.15) is 26.3 Å². The number of aromatic nitrogens is 3. The molecule has 1 aliphatic carbocycles. The van der Waals surface area contributed by atoms with Gasteiger partial charge in [0.1, 0.15) is 18.1 Å². The van der Waals surface area contributed by atoms with Crippen LogP contribution in [-0.4, -0.2) is 144 Å². The summed E-state index contributed by atoms with van der Waals surface area (Å²) in [5.41, 5.74) is 10.4. The molecule has 0 unspecified atom stereocenters. The van der Waals surface area contributed by atoms with E-state index in [0.717, 1.165) is 57.4 Å². The number of piperazine rings is 1. The Kier molecular flexibility index (Phi) is 16.1. The molecule has 3 amide bonds. The first-order chi connectivity index (χ1) is 36.4. The highest BCUT2D eigenvalue weighted by atomic mass is 32.1. The molecule has 4 aliphatic heterocycles. The molecule has 0 radical (unpaired) electrons. The lowest BCUT2D eigenvalue weighted by Crippen LogP contribution is -2.62. The Hall–Kier alpha value is -5.76. The molecule has 7 heterocycles. The molecule has 15 nitrogen and oxygen atoms in total. The number of hydrogen-bond donors (Lipinski definition) is 2. The molecular weight excluding hydrogens is 1030 g/mol. The Bertz CT molecular complexity index is 2950. The zero-order chi connectivity index (χ0) is 55.3. The van der Waals surface area contributed by atoms with Crippen molar-refractivity contribution in [2.75, 3.05) is 64.9 Å². The third kappa shape index (κ3) is 12.4. The summed E-state index contributed by atoms with van der Waals surface area (Å²) < 4.78 is 92.9. The average molecular weight is 1100 g/mol. The number of anilines is 1. The van der Waals surface area contributed by atoms with E-state index in [0.29, 0.717) is 55.3 Å². The van der Waals surface area contributed by atoms with E-state index in [1.54, 1.807) is 27.2 Å². The van der Waals surface area contributed by atoms with Crippen molar-refractivity contribution in [1.82, 2.24) is 40.1 Å². The molecule has 22 heteroatoms. The normalized spacial score (nSPS) is 23.1. The standard InChI is InChI=1S/C55H67F6N9O6S/c1-31(2)46(66(6)50(72)36-20-33(21-36)12-13-54(56,57)58)49(71)64-42-25-44-63-43(28-77-44)35-22-34-10-8-14-69-47(34)38(23-35)40(26-53(4,5)30-76-52(74)41-11-9-15-70(65-41)51(42)73)48(69)39-24-37(27-62-45(39)32(3)75-7)68-18-16-67(17-19-68)29-55(59,60)61/h22-24,27-28,31-33,36,41-42,46,65H,8-11,14-21,25-26,29-30H2,1-7H3,(H,64,71)/t32-,33?,36?,41-,42-,46-/m0/s1. The van der Waals surface area contributed by atoms with Crippen molar-refractivity contribution in [2.45, 2.75) is 129 Å². The number of aryl methyl sites for hydroxylation is 2. The van der Waals surface area contributed by atoms with Crippen LogP contribution in [0.2, 0.25) is 0 Å². The Morgan fingerprint density at radius 2 is 1.77 bits per heavy atom. The van der Waals surface area contributed by atoms with Gasteiger partial charge in [-0.15, -0.1) is 11.3 Å². The zero-order valence-electron chi connectivity index (χ0n) is 44.5. The molecule has 1 aromatic carbocycles. The number of halogens is 6. The van der Waals surface area contributed by atoms with Gasteiger partial charge in [-0.3, -0.25) is 34.1 Å². The predicted molar refractivity (Wildman–Crippen MR) is 278 cm³/mol. The number of alkyl halides is 6. The number of cyclic esters (lactones) is 1. The fourth-order valence-corrected chi connectivity index (χ4v) is 12.5. The molecule has 4 aromatic rings. The maximum absolute atomic E-state index is 14.7. The van der Waals surface area contributed by atoms with E-state index in [1.807, 2.05) is 26.2 Å². The number of nitrogens with one attached hydrogen (secondary N) is 2. The van der Waals surface area contributed by atoms with Crippen molar-refractivity contribution in [2.24, 2.45) is 23.2 Å². The number of hydrogen-bond acceptors (Lipinski definition) is 12. The first-order valence-electron chi connectivity index (χ1n) is 26.5. The first-order valence-corrected chi connectivity index (χ1v) is 27.4. The van der Waals surface area contributed by atoms with E-state index < -0.39 is 90.0 Å². The van der Waals surface area contributed by atoms with E-state index in [-0.39, 0.29) is 45.5 Å². The minimum Gasteiger partial charge on any atom is -0.464 e. The molecule has 4 atom stereocenters. The maximum Gasteiger partial charge on any atom is 0.457 e. The molecule has 0 spiro atoms. The van der Waals surface area contributed by atoms with Crippen LogP contribution in [-0.2, 0) is 54.5 Å². The highest BCUT2D eigenvalue weighted by molar-refractivity contribution is 7.10. The minimum absolute atomic E-state index is 0.0244. The molecule has 2 N–H and O–H groups in total. The molecule has 9 rings (SSSR count). The second kappa shape index (κ2) is 22.2. The summed E-state index contributed by atoms with van der Waals surface area (Å²) in [7, 11) is 3.11. The van der Waals surface area contributed by atoms with E-state index in [2.05, 4.69) is 44.3 Å². The van der Waals surface area contributed by atoms with Gasteiger partial charge in [0.25, 0.3) is 5.91 Å². The number of esters is 1. The van der Waals surface area contributed by atoms with Crippen molar-refractivity contribution in [1.29, 1.82) is 0 Å². The number of thiazole rings is 1. The van der Waals surface area contributed by atoms with Crippen molar-refractivity contribution in [3.8, 4) is 34.4 Å². The quantitative estimate of drug-likeness (QED) is 0.0906. The van der Waals surface area contributed by atoms with Crippen LogP contribution < -0.4 is 15.6 Å². The van der Waals surface area contributed by atoms with E-state index in [9.17, 15) is 45.5 Å². The largest absolute Gasteiger partial charge is 0.464 e. The monoisotopic (exact) mass is 1100 g/mol. The van der Waals surface area contributed by atoms with E-state index in [1.165, 1.54) is 39.1 Å². The summed E-state index contributed by atoms with van der Waals surface area (Å²) in [5, 5.41) is 7.76. The molecule has 1 saturated carbocycles. The molecule has 416 valence electrons. The lowest BCUT2D eigenvalue weighted by atomic mass is 9.74. The molecular formula is C55H67F6N9O6S. The second-order valence-corrected chi connectivity index (χ2v) is 23.4. The fraction of sp³-hybridized carbons (Fsp3) is 0.600. The lowest BCUT2D eigenvalue weighted by Gasteiger charge is -2.39. The molecule has 3 fully saturated rings. The Morgan fingerprint density at radius 1 is 1.03 bits per heavy atom. The number of pyridine rings is 1. The molecule has 3 aromatic heterocycles. The first kappa shape index (κ1) is 56.0. The van der Waals surface area contributed by atoms with Crippen LogP contribution in [0.15, 0.2) is 29.8 Å². The fourth-order valence-electron chi connectivity index (χ4n) is 11.6. The van der Waals surface area contributed by atoms with Crippen LogP contribution in [0.5, 0.6) is 0 Å². The highest BCUT2D eigenvalue weighted by Crippen LogP contribution is 2.46. The third-order valence-corrected chi connectivity index (χ3v) is 16.5. The number of ether oxygens (including phenoxy) is 2. The van der Waals surface area contributed by atoms with Crippen LogP contribution in [0, 0.1) is 35.0 Å². The topological polar surface area (TPSA) is 154 Å². The van der Waals surface area contributed by atoms with E-state index in [4.69, 9.17) is 19.4 Å². The van der Waals surface area contributed by atoms with Crippen molar-refractivity contribution < 1.29 is 55.0 Å². The van der Waals surface area contributed by atoms with E-state index >= 15 is 0 Å². The summed E-state index contributed by atoms with van der Waals surface area (Å²) in [6.45, 7) is 10.8. The summed E-state index contributed by atoms with van der Waals surface area (Å²) in [4.78, 5) is 72.0. The Morgan fingerprint density at radius 3 is 2.45 bits per heavy atom. The number of carbonyl (C=O) groups excluding carboxylic acids is 4. The van der Waals surface area contributed by atoms with Crippen LogP contribution in [0.4, 0.5) is 32.0 Å². The van der Waals surface area contributed by atoms with Gasteiger partial charge in [-0.05, 0) is 87.1 Å². The number of hydrazine groups is 1. The van der Waals surface area contributed by atoms with Gasteiger partial charge < -0.3 is 29.2 Å². The second-order valence-electron chi connectivity index (χ2n) is 22.4. The predicted octanol–water partition coefficient (Wildman–Crippen LogP) is 7.89. The van der Waals surface area contributed by atoms with Gasteiger partial charge in [-0.1, -0.05) is 33.6 Å². The van der Waals surface area contributed by atoms with Gasteiger partial charge in [0.05, 0.1) is 58.7 Å². The molecule has 6 bridgehead atoms. The van der Waals surface area contributed by atoms with Gasteiger partial charge >= 0.3 is 18.3 Å². The zero-order valence-corrected chi connectivity index (χ0v) is 45.3. The van der Waals surface area contributed by atoms with Crippen molar-refractivity contribution >= 4 is 51.6 Å². The Labute approximate surface area is 448 Å². The van der Waals surface area contributed by atoms with Gasteiger partial charge in [0.2, 0.25) is 11.8 Å². The summed E-state index contributed by atoms with van der Waals surface area (Å²) in [6.07, 6.45) is -4.44. The Balaban J connectivity index is 1.09. The number of nitrogens with zero attached hydrogens (tertiary/aromatic N) is 7. The third-order valence-electron chi connectivity index (χ3n) is 15.6. The van der Waals surface area contributed by atoms with Crippen LogP contribution in [0.1, 0.15) is 94.7 Å². The molecule has 77 heavy (non-hydrogen) atoms. The maximum atomic E-state index is 14.7.